The number of aromatic nitrogens is 5. The fourth-order valence-corrected chi connectivity index (χ4v) is 4.33. The van der Waals surface area contributed by atoms with Gasteiger partial charge in [-0.25, -0.2) is 0 Å². The van der Waals surface area contributed by atoms with Crippen molar-refractivity contribution in [3.05, 3.63) is 48.5 Å². The summed E-state index contributed by atoms with van der Waals surface area (Å²) in [5.41, 5.74) is 2.27. The van der Waals surface area contributed by atoms with Crippen LogP contribution in [0.1, 0.15) is 42.1 Å². The van der Waals surface area contributed by atoms with Gasteiger partial charge in [0.15, 0.2) is 0 Å². The molecule has 1 amide bonds. The van der Waals surface area contributed by atoms with Gasteiger partial charge >= 0.3 is 0 Å². The summed E-state index contributed by atoms with van der Waals surface area (Å²) < 4.78 is 0. The van der Waals surface area contributed by atoms with E-state index in [1.54, 1.807) is 29.6 Å². The van der Waals surface area contributed by atoms with E-state index in [1.807, 2.05) is 18.2 Å². The van der Waals surface area contributed by atoms with Crippen molar-refractivity contribution in [2.45, 2.75) is 43.8 Å². The molecular formula is C18H18N6O. The van der Waals surface area contributed by atoms with E-state index in [0.29, 0.717) is 11.6 Å². The second-order valence-corrected chi connectivity index (χ2v) is 6.83. The number of amides is 1. The molecule has 0 N–H and O–H groups in total. The minimum Gasteiger partial charge on any atom is -0.333 e. The van der Waals surface area contributed by atoms with Crippen LogP contribution in [-0.4, -0.2) is 47.9 Å². The van der Waals surface area contributed by atoms with Crippen molar-refractivity contribution in [2.24, 2.45) is 0 Å². The van der Waals surface area contributed by atoms with Gasteiger partial charge in [0, 0.05) is 30.0 Å². The molecule has 7 nitrogen and oxygen atoms in total. The highest BCUT2D eigenvalue weighted by molar-refractivity contribution is 5.97. The number of hydrogen-bond acceptors (Lipinski definition) is 5. The summed E-state index contributed by atoms with van der Waals surface area (Å²) in [6.45, 7) is 0. The average Bonchev–Trinajstić information content (AvgIpc) is 3.27. The Morgan fingerprint density at radius 1 is 0.880 bits per heavy atom. The zero-order valence-electron chi connectivity index (χ0n) is 13.7. The number of piperidine rings is 1. The first-order chi connectivity index (χ1) is 12.3. The summed E-state index contributed by atoms with van der Waals surface area (Å²) >= 11 is 0. The molecule has 2 bridgehead atoms. The van der Waals surface area contributed by atoms with Gasteiger partial charge in [0.05, 0.1) is 29.5 Å². The molecule has 2 aliphatic rings. The summed E-state index contributed by atoms with van der Waals surface area (Å²) in [5.74, 6) is 0.104. The molecule has 0 aliphatic carbocycles. The van der Waals surface area contributed by atoms with Gasteiger partial charge in [0.2, 0.25) is 0 Å². The topological polar surface area (TPSA) is 76.8 Å². The van der Waals surface area contributed by atoms with Gasteiger partial charge in [0.25, 0.3) is 5.91 Å². The van der Waals surface area contributed by atoms with Gasteiger partial charge in [0.1, 0.15) is 0 Å². The lowest BCUT2D eigenvalue weighted by molar-refractivity contribution is 0.0512. The first-order valence-corrected chi connectivity index (χ1v) is 8.69. The maximum Gasteiger partial charge on any atom is 0.254 e. The van der Waals surface area contributed by atoms with Gasteiger partial charge in [-0.1, -0.05) is 0 Å². The molecule has 7 heteroatoms. The largest absolute Gasteiger partial charge is 0.333 e. The minimum absolute atomic E-state index is 0.104. The van der Waals surface area contributed by atoms with Crippen LogP contribution in [0.3, 0.4) is 0 Å². The van der Waals surface area contributed by atoms with Crippen LogP contribution < -0.4 is 0 Å². The first-order valence-electron chi connectivity index (χ1n) is 8.69. The predicted octanol–water partition coefficient (Wildman–Crippen LogP) is 2.23. The molecular weight excluding hydrogens is 316 g/mol. The van der Waals surface area contributed by atoms with Crippen LogP contribution in [0.15, 0.2) is 43.0 Å². The first kappa shape index (κ1) is 14.5. The summed E-state index contributed by atoms with van der Waals surface area (Å²) in [7, 11) is 0. The van der Waals surface area contributed by atoms with Crippen molar-refractivity contribution in [3.63, 3.8) is 0 Å². The Kier molecular flexibility index (Phi) is 3.26. The number of benzene rings is 1. The molecule has 3 aromatic rings. The van der Waals surface area contributed by atoms with Gasteiger partial charge in [-0.15, -0.1) is 0 Å². The van der Waals surface area contributed by atoms with E-state index in [9.17, 15) is 4.79 Å². The average molecular weight is 334 g/mol. The van der Waals surface area contributed by atoms with Crippen LogP contribution in [0.4, 0.5) is 0 Å². The number of hydrogen-bond donors (Lipinski definition) is 0. The maximum atomic E-state index is 13.1. The third-order valence-corrected chi connectivity index (χ3v) is 5.42. The van der Waals surface area contributed by atoms with E-state index in [-0.39, 0.29) is 18.0 Å². The Bertz CT molecular complexity index is 910. The monoisotopic (exact) mass is 334 g/mol. The highest BCUT2D eigenvalue weighted by atomic mass is 16.2. The molecule has 1 aromatic carbocycles. The number of nitrogens with zero attached hydrogens (tertiary/aromatic N) is 6. The van der Waals surface area contributed by atoms with E-state index >= 15 is 0 Å². The van der Waals surface area contributed by atoms with Crippen LogP contribution in [0, 0.1) is 0 Å². The van der Waals surface area contributed by atoms with Crippen LogP contribution in [0.25, 0.3) is 11.0 Å². The molecule has 0 spiro atoms. The fourth-order valence-electron chi connectivity index (χ4n) is 4.33. The second-order valence-electron chi connectivity index (χ2n) is 6.83. The predicted molar refractivity (Wildman–Crippen MR) is 90.8 cm³/mol. The van der Waals surface area contributed by atoms with Crippen LogP contribution >= 0.6 is 0 Å². The van der Waals surface area contributed by atoms with Crippen LogP contribution in [-0.2, 0) is 0 Å². The van der Waals surface area contributed by atoms with Gasteiger partial charge < -0.3 is 4.90 Å². The highest BCUT2D eigenvalue weighted by Crippen LogP contribution is 2.41. The standard InChI is InChI=1S/C18H18N6O/c25-18(12-1-4-16-17(9-12)20-6-5-19-16)23-13-2-3-14(23)11-15(10-13)24-21-7-8-22-24/h1,4-9,13-15H,2-3,10-11H2/t13-,14-/m0/s1. The number of carbonyl (C=O) groups excluding carboxylic acids is 1. The van der Waals surface area contributed by atoms with E-state index in [2.05, 4.69) is 25.1 Å². The fraction of sp³-hybridized carbons (Fsp3) is 0.389. The van der Waals surface area contributed by atoms with E-state index in [4.69, 9.17) is 0 Å². The third-order valence-electron chi connectivity index (χ3n) is 5.42. The molecule has 5 rings (SSSR count). The minimum atomic E-state index is 0.104. The number of fused-ring (bicyclic) bond motifs is 3. The summed E-state index contributed by atoms with van der Waals surface area (Å²) in [5, 5.41) is 8.57. The van der Waals surface area contributed by atoms with Crippen molar-refractivity contribution in [1.29, 1.82) is 0 Å². The Morgan fingerprint density at radius 3 is 2.28 bits per heavy atom. The number of rotatable bonds is 2. The second kappa shape index (κ2) is 5.61. The smallest absolute Gasteiger partial charge is 0.254 e. The van der Waals surface area contributed by atoms with Crippen molar-refractivity contribution < 1.29 is 4.79 Å². The van der Waals surface area contributed by atoms with Gasteiger partial charge in [-0.2, -0.15) is 15.0 Å². The lowest BCUT2D eigenvalue weighted by atomic mass is 9.96. The summed E-state index contributed by atoms with van der Waals surface area (Å²) in [4.78, 5) is 25.6. The molecule has 2 aromatic heterocycles. The van der Waals surface area contributed by atoms with Gasteiger partial charge in [-0.3, -0.25) is 14.8 Å². The van der Waals surface area contributed by atoms with Crippen molar-refractivity contribution in [2.75, 3.05) is 0 Å². The van der Waals surface area contributed by atoms with Crippen LogP contribution in [0.5, 0.6) is 0 Å². The van der Waals surface area contributed by atoms with Crippen molar-refractivity contribution >= 4 is 16.9 Å². The molecule has 0 unspecified atom stereocenters. The Morgan fingerprint density at radius 2 is 1.56 bits per heavy atom. The zero-order valence-corrected chi connectivity index (χ0v) is 13.7. The maximum absolute atomic E-state index is 13.1. The summed E-state index contributed by atoms with van der Waals surface area (Å²) in [6, 6.07) is 6.40. The lowest BCUT2D eigenvalue weighted by Crippen LogP contribution is -2.47. The van der Waals surface area contributed by atoms with Gasteiger partial charge in [-0.05, 0) is 43.9 Å². The third kappa shape index (κ3) is 2.38. The number of carbonyl (C=O) groups is 1. The van der Waals surface area contributed by atoms with Crippen molar-refractivity contribution in [1.82, 2.24) is 29.9 Å². The Labute approximate surface area is 144 Å². The Hall–Kier alpha value is -2.83. The molecule has 2 fully saturated rings. The van der Waals surface area contributed by atoms with E-state index < -0.39 is 0 Å². The molecule has 2 atom stereocenters. The summed E-state index contributed by atoms with van der Waals surface area (Å²) in [6.07, 6.45) is 10.7. The van der Waals surface area contributed by atoms with E-state index in [0.717, 1.165) is 36.7 Å². The molecule has 126 valence electrons. The molecule has 2 aliphatic heterocycles. The lowest BCUT2D eigenvalue weighted by Gasteiger charge is -2.38. The van der Waals surface area contributed by atoms with E-state index in [1.165, 1.54) is 0 Å². The highest BCUT2D eigenvalue weighted by Gasteiger charge is 2.44. The van der Waals surface area contributed by atoms with Crippen LogP contribution in [0.2, 0.25) is 0 Å². The Balaban J connectivity index is 1.42. The van der Waals surface area contributed by atoms with Crippen molar-refractivity contribution in [3.8, 4) is 0 Å². The molecule has 0 radical (unpaired) electrons. The molecule has 25 heavy (non-hydrogen) atoms. The molecule has 0 saturated carbocycles. The SMILES string of the molecule is O=C(c1ccc2nccnc2c1)N1[C@H]2CC[C@H]1CC(n1nccn1)C2. The molecule has 4 heterocycles. The molecule has 2 saturated heterocycles. The normalized spacial score (nSPS) is 25.4. The zero-order chi connectivity index (χ0) is 16.8. The quantitative estimate of drug-likeness (QED) is 0.718.